The van der Waals surface area contributed by atoms with E-state index in [0.717, 1.165) is 5.01 Å². The second kappa shape index (κ2) is 1.70. The molecule has 0 saturated heterocycles. The summed E-state index contributed by atoms with van der Waals surface area (Å²) in [7, 11) is 1.88. The molecule has 0 fully saturated rings. The van der Waals surface area contributed by atoms with E-state index in [-0.39, 0.29) is 0 Å². The Morgan fingerprint density at radius 2 is 2.38 bits per heavy atom. The predicted molar refractivity (Wildman–Crippen MR) is 32.4 cm³/mol. The third-order valence-electron chi connectivity index (χ3n) is 0.957. The third kappa shape index (κ3) is 0.790. The van der Waals surface area contributed by atoms with Crippen LogP contribution in [0.1, 0.15) is 5.01 Å². The van der Waals surface area contributed by atoms with Gasteiger partial charge in [-0.2, -0.15) is 0 Å². The van der Waals surface area contributed by atoms with Crippen LogP contribution in [0.4, 0.5) is 5.13 Å². The molecule has 0 aliphatic carbocycles. The fourth-order valence-corrected chi connectivity index (χ4v) is 1.09. The molecule has 0 saturated carbocycles. The van der Waals surface area contributed by atoms with Crippen LogP contribution in [0.5, 0.6) is 0 Å². The lowest BCUT2D eigenvalue weighted by Gasteiger charge is -1.69. The van der Waals surface area contributed by atoms with Crippen LogP contribution in [0.15, 0.2) is 0 Å². The average Bonchev–Trinajstić information content (AvgIpc) is 1.85. The molecule has 2 N–H and O–H groups in total. The summed E-state index contributed by atoms with van der Waals surface area (Å²) in [6.07, 6.45) is 0. The fraction of sp³-hybridized carbons (Fsp3) is 0.500. The van der Waals surface area contributed by atoms with E-state index in [1.165, 1.54) is 11.3 Å². The molecule has 1 aromatic rings. The highest BCUT2D eigenvalue weighted by molar-refractivity contribution is 7.14. The second-order valence-corrected chi connectivity index (χ2v) is 2.80. The van der Waals surface area contributed by atoms with E-state index < -0.39 is 0 Å². The molecule has 0 spiro atoms. The Hall–Kier alpha value is -0.640. The highest BCUT2D eigenvalue weighted by atomic mass is 32.1. The van der Waals surface area contributed by atoms with E-state index in [1.54, 1.807) is 4.68 Å². The van der Waals surface area contributed by atoms with Crippen molar-refractivity contribution in [1.82, 2.24) is 5.10 Å². The first-order valence-corrected chi connectivity index (χ1v) is 3.11. The number of anilines is 1. The van der Waals surface area contributed by atoms with E-state index in [4.69, 9.17) is 5.73 Å². The van der Waals surface area contributed by atoms with Gasteiger partial charge < -0.3 is 5.73 Å². The van der Waals surface area contributed by atoms with Crippen molar-refractivity contribution in [3.05, 3.63) is 5.01 Å². The Labute approximate surface area is 51.8 Å². The van der Waals surface area contributed by atoms with Gasteiger partial charge in [-0.15, -0.1) is 0 Å². The summed E-state index contributed by atoms with van der Waals surface area (Å²) in [6.45, 7) is 1.98. The number of nitrogens with zero attached hydrogens (tertiary/aromatic N) is 2. The summed E-state index contributed by atoms with van der Waals surface area (Å²) >= 11 is 1.50. The molecule has 0 atom stereocenters. The zero-order valence-corrected chi connectivity index (χ0v) is 5.70. The molecule has 0 aliphatic heterocycles. The number of rotatable bonds is 0. The summed E-state index contributed by atoms with van der Waals surface area (Å²) in [4.78, 5) is 0. The monoisotopic (exact) mass is 130 g/mol. The zero-order chi connectivity index (χ0) is 6.15. The van der Waals surface area contributed by atoms with Crippen LogP contribution in [-0.2, 0) is 7.05 Å². The smallest absolute Gasteiger partial charge is 0.263 e. The Bertz CT molecular complexity index is 174. The van der Waals surface area contributed by atoms with Crippen LogP contribution in [0.3, 0.4) is 0 Å². The maximum absolute atomic E-state index is 5.37. The number of nitrogen functional groups attached to an aromatic ring is 1. The highest BCUT2D eigenvalue weighted by Crippen LogP contribution is 2.05. The molecule has 1 heterocycles. The molecular weight excluding hydrogens is 122 g/mol. The third-order valence-corrected chi connectivity index (χ3v) is 1.81. The van der Waals surface area contributed by atoms with Crippen LogP contribution >= 0.6 is 11.3 Å². The van der Waals surface area contributed by atoms with Crippen molar-refractivity contribution < 1.29 is 4.68 Å². The molecule has 4 heteroatoms. The Morgan fingerprint density at radius 3 is 2.50 bits per heavy atom. The van der Waals surface area contributed by atoms with E-state index in [2.05, 4.69) is 5.10 Å². The van der Waals surface area contributed by atoms with Gasteiger partial charge in [-0.05, 0) is 11.3 Å². The van der Waals surface area contributed by atoms with E-state index >= 15 is 0 Å². The molecule has 3 nitrogen and oxygen atoms in total. The van der Waals surface area contributed by atoms with Gasteiger partial charge >= 0.3 is 0 Å². The molecule has 0 aromatic carbocycles. The molecule has 0 aliphatic rings. The van der Waals surface area contributed by atoms with Crippen molar-refractivity contribution in [3.8, 4) is 0 Å². The summed E-state index contributed by atoms with van der Waals surface area (Å²) in [5.41, 5.74) is 5.37. The minimum Gasteiger partial charge on any atom is -0.370 e. The van der Waals surface area contributed by atoms with Crippen LogP contribution < -0.4 is 10.4 Å². The fourth-order valence-electron chi connectivity index (χ4n) is 0.456. The van der Waals surface area contributed by atoms with E-state index in [0.29, 0.717) is 5.13 Å². The number of hydrogen-bond acceptors (Lipinski definition) is 3. The molecule has 0 amide bonds. The van der Waals surface area contributed by atoms with Gasteiger partial charge in [-0.1, -0.05) is 4.68 Å². The van der Waals surface area contributed by atoms with Crippen LogP contribution in [-0.4, -0.2) is 5.10 Å². The normalized spacial score (nSPS) is 9.75. The van der Waals surface area contributed by atoms with E-state index in [9.17, 15) is 0 Å². The first-order chi connectivity index (χ1) is 3.70. The topological polar surface area (TPSA) is 42.8 Å². The van der Waals surface area contributed by atoms with Crippen LogP contribution in [0.25, 0.3) is 0 Å². The van der Waals surface area contributed by atoms with Crippen molar-refractivity contribution in [2.75, 3.05) is 5.73 Å². The highest BCUT2D eigenvalue weighted by Gasteiger charge is 2.05. The van der Waals surface area contributed by atoms with Gasteiger partial charge in [0.1, 0.15) is 0 Å². The molecular formula is C4H8N3S+. The summed E-state index contributed by atoms with van der Waals surface area (Å²) in [5, 5.41) is 5.68. The van der Waals surface area contributed by atoms with Crippen LogP contribution in [0, 0.1) is 6.92 Å². The number of hydrogen-bond donors (Lipinski definition) is 1. The van der Waals surface area contributed by atoms with Gasteiger partial charge in [0.2, 0.25) is 0 Å². The maximum atomic E-state index is 5.37. The minimum absolute atomic E-state index is 0.630. The lowest BCUT2D eigenvalue weighted by molar-refractivity contribution is -0.729. The molecule has 0 radical (unpaired) electrons. The average molecular weight is 130 g/mol. The molecule has 1 aromatic heterocycles. The van der Waals surface area contributed by atoms with Gasteiger partial charge in [-0.3, -0.25) is 0 Å². The lowest BCUT2D eigenvalue weighted by Crippen LogP contribution is -2.32. The quantitative estimate of drug-likeness (QED) is 0.497. The minimum atomic E-state index is 0.630. The number of aromatic nitrogens is 2. The number of nitrogens with two attached hydrogens (primary N) is 1. The van der Waals surface area contributed by atoms with Crippen molar-refractivity contribution >= 4 is 16.5 Å². The Kier molecular flexibility index (Phi) is 1.17. The molecule has 8 heavy (non-hydrogen) atoms. The largest absolute Gasteiger partial charge is 0.370 e. The Morgan fingerprint density at radius 1 is 1.75 bits per heavy atom. The van der Waals surface area contributed by atoms with Crippen molar-refractivity contribution in [1.29, 1.82) is 0 Å². The maximum Gasteiger partial charge on any atom is 0.263 e. The number of aryl methyl sites for hydroxylation is 2. The SMILES string of the molecule is Cc1sc(N)n[n+]1C. The van der Waals surface area contributed by atoms with Gasteiger partial charge in [0, 0.05) is 12.0 Å². The van der Waals surface area contributed by atoms with Crippen molar-refractivity contribution in [2.45, 2.75) is 6.92 Å². The summed E-state index contributed by atoms with van der Waals surface area (Å²) in [6, 6.07) is 0. The summed E-state index contributed by atoms with van der Waals surface area (Å²) in [5.74, 6) is 0. The van der Waals surface area contributed by atoms with Crippen molar-refractivity contribution in [2.24, 2.45) is 7.05 Å². The van der Waals surface area contributed by atoms with Gasteiger partial charge in [0.05, 0.1) is 0 Å². The Balaban J connectivity index is 3.14. The molecule has 1 rings (SSSR count). The first kappa shape index (κ1) is 5.50. The molecule has 44 valence electrons. The van der Waals surface area contributed by atoms with Gasteiger partial charge in [0.25, 0.3) is 10.1 Å². The molecule has 0 unspecified atom stereocenters. The second-order valence-electron chi connectivity index (χ2n) is 1.58. The van der Waals surface area contributed by atoms with E-state index in [1.807, 2.05) is 14.0 Å². The summed E-state index contributed by atoms with van der Waals surface area (Å²) < 4.78 is 1.76. The van der Waals surface area contributed by atoms with Gasteiger partial charge in [0.15, 0.2) is 7.05 Å². The molecule has 0 bridgehead atoms. The van der Waals surface area contributed by atoms with Gasteiger partial charge in [-0.25, -0.2) is 0 Å². The predicted octanol–water partition coefficient (Wildman–Crippen LogP) is -0.142. The first-order valence-electron chi connectivity index (χ1n) is 2.29. The lowest BCUT2D eigenvalue weighted by atomic mass is 10.8. The van der Waals surface area contributed by atoms with Crippen LogP contribution in [0.2, 0.25) is 0 Å². The zero-order valence-electron chi connectivity index (χ0n) is 4.88. The standard InChI is InChI=1S/C4H8N3S/c1-3-7(2)6-4(5)8-3/h1-2H3,(H2,5,6)/q+1. The van der Waals surface area contributed by atoms with Crippen molar-refractivity contribution in [3.63, 3.8) is 0 Å².